The highest BCUT2D eigenvalue weighted by molar-refractivity contribution is 7.98. The van der Waals surface area contributed by atoms with Crippen LogP contribution in [0.4, 0.5) is 5.95 Å². The van der Waals surface area contributed by atoms with Crippen molar-refractivity contribution in [3.8, 4) is 11.3 Å². The molecule has 22 heavy (non-hydrogen) atoms. The predicted molar refractivity (Wildman–Crippen MR) is 90.8 cm³/mol. The van der Waals surface area contributed by atoms with E-state index in [0.717, 1.165) is 11.3 Å². The van der Waals surface area contributed by atoms with Crippen LogP contribution in [0.3, 0.4) is 0 Å². The second kappa shape index (κ2) is 7.04. The quantitative estimate of drug-likeness (QED) is 0.725. The molecule has 0 spiro atoms. The van der Waals surface area contributed by atoms with E-state index in [0.29, 0.717) is 12.5 Å². The number of pyridine rings is 1. The van der Waals surface area contributed by atoms with Crippen molar-refractivity contribution in [2.45, 2.75) is 11.4 Å². The van der Waals surface area contributed by atoms with E-state index in [1.165, 1.54) is 10.5 Å². The second-order valence-corrected chi connectivity index (χ2v) is 5.59. The zero-order valence-electron chi connectivity index (χ0n) is 12.2. The highest BCUT2D eigenvalue weighted by Gasteiger charge is 2.02. The lowest BCUT2D eigenvalue weighted by Crippen LogP contribution is -2.03. The number of hydrogen-bond donors (Lipinski definition) is 1. The van der Waals surface area contributed by atoms with Gasteiger partial charge in [0, 0.05) is 35.6 Å². The van der Waals surface area contributed by atoms with Gasteiger partial charge in [-0.1, -0.05) is 12.1 Å². The summed E-state index contributed by atoms with van der Waals surface area (Å²) in [6.45, 7) is 0.700. The molecule has 110 valence electrons. The van der Waals surface area contributed by atoms with E-state index < -0.39 is 0 Å². The zero-order valence-corrected chi connectivity index (χ0v) is 13.0. The van der Waals surface area contributed by atoms with Crippen LogP contribution < -0.4 is 5.32 Å². The first kappa shape index (κ1) is 14.5. The molecular formula is C17H16N4S. The SMILES string of the molecule is CSc1ccc(CNc2nccc(-c3cccnc3)n2)cc1. The molecule has 0 radical (unpaired) electrons. The fraction of sp³-hybridized carbons (Fsp3) is 0.118. The molecular weight excluding hydrogens is 292 g/mol. The van der Waals surface area contributed by atoms with E-state index in [1.54, 1.807) is 30.4 Å². The van der Waals surface area contributed by atoms with Gasteiger partial charge in [-0.05, 0) is 42.2 Å². The average molecular weight is 308 g/mol. The molecule has 0 atom stereocenters. The van der Waals surface area contributed by atoms with Gasteiger partial charge in [0.05, 0.1) is 5.69 Å². The van der Waals surface area contributed by atoms with E-state index in [9.17, 15) is 0 Å². The number of anilines is 1. The summed E-state index contributed by atoms with van der Waals surface area (Å²) >= 11 is 1.74. The molecule has 0 aliphatic carbocycles. The van der Waals surface area contributed by atoms with Crippen molar-refractivity contribution in [3.05, 3.63) is 66.6 Å². The molecule has 0 fully saturated rings. The lowest BCUT2D eigenvalue weighted by molar-refractivity contribution is 1.05. The first-order valence-electron chi connectivity index (χ1n) is 6.95. The molecule has 0 aliphatic rings. The van der Waals surface area contributed by atoms with Crippen molar-refractivity contribution in [2.24, 2.45) is 0 Å². The summed E-state index contributed by atoms with van der Waals surface area (Å²) in [5, 5.41) is 3.26. The maximum atomic E-state index is 4.53. The van der Waals surface area contributed by atoms with Gasteiger partial charge in [-0.25, -0.2) is 9.97 Å². The number of nitrogens with one attached hydrogen (secondary N) is 1. The Kier molecular flexibility index (Phi) is 4.65. The number of nitrogens with zero attached hydrogens (tertiary/aromatic N) is 3. The molecule has 0 amide bonds. The van der Waals surface area contributed by atoms with Crippen LogP contribution in [0.5, 0.6) is 0 Å². The first-order valence-corrected chi connectivity index (χ1v) is 8.18. The Balaban J connectivity index is 1.70. The fourth-order valence-corrected chi connectivity index (χ4v) is 2.45. The predicted octanol–water partition coefficient (Wildman–Crippen LogP) is 3.87. The summed E-state index contributed by atoms with van der Waals surface area (Å²) in [6.07, 6.45) is 7.38. The summed E-state index contributed by atoms with van der Waals surface area (Å²) in [7, 11) is 0. The fourth-order valence-electron chi connectivity index (χ4n) is 2.04. The van der Waals surface area contributed by atoms with Crippen molar-refractivity contribution < 1.29 is 0 Å². The molecule has 1 N–H and O–H groups in total. The summed E-state index contributed by atoms with van der Waals surface area (Å²) in [5.74, 6) is 0.621. The van der Waals surface area contributed by atoms with Crippen molar-refractivity contribution in [1.82, 2.24) is 15.0 Å². The summed E-state index contributed by atoms with van der Waals surface area (Å²) in [5.41, 5.74) is 3.05. The van der Waals surface area contributed by atoms with Crippen LogP contribution in [0.1, 0.15) is 5.56 Å². The number of aromatic nitrogens is 3. The third-order valence-corrected chi connectivity index (χ3v) is 3.97. The number of hydrogen-bond acceptors (Lipinski definition) is 5. The largest absolute Gasteiger partial charge is 0.350 e. The normalized spacial score (nSPS) is 10.4. The van der Waals surface area contributed by atoms with Gasteiger partial charge < -0.3 is 5.32 Å². The summed E-state index contributed by atoms with van der Waals surface area (Å²) in [4.78, 5) is 14.2. The zero-order chi connectivity index (χ0) is 15.2. The molecule has 3 rings (SSSR count). The van der Waals surface area contributed by atoms with E-state index in [1.807, 2.05) is 18.2 Å². The van der Waals surface area contributed by atoms with Crippen molar-refractivity contribution in [1.29, 1.82) is 0 Å². The monoisotopic (exact) mass is 308 g/mol. The average Bonchev–Trinajstić information content (AvgIpc) is 2.61. The van der Waals surface area contributed by atoms with Crippen LogP contribution in [0.15, 0.2) is 66.0 Å². The van der Waals surface area contributed by atoms with E-state index in [2.05, 4.69) is 50.8 Å². The first-order chi connectivity index (χ1) is 10.8. The van der Waals surface area contributed by atoms with Crippen LogP contribution in [0, 0.1) is 0 Å². The minimum Gasteiger partial charge on any atom is -0.350 e. The highest BCUT2D eigenvalue weighted by Crippen LogP contribution is 2.17. The molecule has 4 nitrogen and oxygen atoms in total. The number of benzene rings is 1. The van der Waals surface area contributed by atoms with Gasteiger partial charge in [-0.15, -0.1) is 11.8 Å². The van der Waals surface area contributed by atoms with Gasteiger partial charge in [0.15, 0.2) is 0 Å². The third-order valence-electron chi connectivity index (χ3n) is 3.22. The number of rotatable bonds is 5. The lowest BCUT2D eigenvalue weighted by Gasteiger charge is -2.07. The molecule has 0 unspecified atom stereocenters. The van der Waals surface area contributed by atoms with Gasteiger partial charge >= 0.3 is 0 Å². The third kappa shape index (κ3) is 3.62. The van der Waals surface area contributed by atoms with Crippen LogP contribution in [0.25, 0.3) is 11.3 Å². The summed E-state index contributed by atoms with van der Waals surface area (Å²) < 4.78 is 0. The Morgan fingerprint density at radius 2 is 1.91 bits per heavy atom. The molecule has 0 saturated heterocycles. The smallest absolute Gasteiger partial charge is 0.223 e. The number of thioether (sulfide) groups is 1. The van der Waals surface area contributed by atoms with Gasteiger partial charge in [0.1, 0.15) is 0 Å². The molecule has 0 aliphatic heterocycles. The Labute approximate surface area is 134 Å². The van der Waals surface area contributed by atoms with Gasteiger partial charge in [0.25, 0.3) is 0 Å². The van der Waals surface area contributed by atoms with Crippen LogP contribution in [0.2, 0.25) is 0 Å². The minimum absolute atomic E-state index is 0.621. The topological polar surface area (TPSA) is 50.7 Å². The Hall–Kier alpha value is -2.40. The van der Waals surface area contributed by atoms with Crippen LogP contribution >= 0.6 is 11.8 Å². The Bertz CT molecular complexity index is 729. The molecule has 1 aromatic carbocycles. The standard InChI is InChI=1S/C17H16N4S/c1-22-15-6-4-13(5-7-15)11-20-17-19-10-8-16(21-17)14-3-2-9-18-12-14/h2-10,12H,11H2,1H3,(H,19,20,21). The van der Waals surface area contributed by atoms with Crippen LogP contribution in [-0.4, -0.2) is 21.2 Å². The molecule has 5 heteroatoms. The van der Waals surface area contributed by atoms with E-state index in [-0.39, 0.29) is 0 Å². The highest BCUT2D eigenvalue weighted by atomic mass is 32.2. The maximum absolute atomic E-state index is 4.53. The minimum atomic E-state index is 0.621. The van der Waals surface area contributed by atoms with Gasteiger partial charge in [-0.3, -0.25) is 4.98 Å². The van der Waals surface area contributed by atoms with Crippen LogP contribution in [-0.2, 0) is 6.54 Å². The molecule has 0 bridgehead atoms. The van der Waals surface area contributed by atoms with Crippen molar-refractivity contribution in [2.75, 3.05) is 11.6 Å². The van der Waals surface area contributed by atoms with Gasteiger partial charge in [-0.2, -0.15) is 0 Å². The van der Waals surface area contributed by atoms with E-state index >= 15 is 0 Å². The van der Waals surface area contributed by atoms with Crippen molar-refractivity contribution >= 4 is 17.7 Å². The lowest BCUT2D eigenvalue weighted by atomic mass is 10.2. The van der Waals surface area contributed by atoms with Crippen molar-refractivity contribution in [3.63, 3.8) is 0 Å². The second-order valence-electron chi connectivity index (χ2n) is 4.71. The maximum Gasteiger partial charge on any atom is 0.223 e. The van der Waals surface area contributed by atoms with Gasteiger partial charge in [0.2, 0.25) is 5.95 Å². The Morgan fingerprint density at radius 3 is 2.64 bits per heavy atom. The Morgan fingerprint density at radius 1 is 1.05 bits per heavy atom. The molecule has 3 aromatic rings. The molecule has 2 heterocycles. The molecule has 0 saturated carbocycles. The molecule has 2 aromatic heterocycles. The summed E-state index contributed by atoms with van der Waals surface area (Å²) in [6, 6.07) is 14.2. The van der Waals surface area contributed by atoms with E-state index in [4.69, 9.17) is 0 Å².